The van der Waals surface area contributed by atoms with E-state index in [9.17, 15) is 14.4 Å². The van der Waals surface area contributed by atoms with Gasteiger partial charge in [-0.05, 0) is 37.8 Å². The summed E-state index contributed by atoms with van der Waals surface area (Å²) in [5.41, 5.74) is 1.53. The first-order valence-corrected chi connectivity index (χ1v) is 11.3. The summed E-state index contributed by atoms with van der Waals surface area (Å²) in [6.07, 6.45) is 0. The highest BCUT2D eigenvalue weighted by Crippen LogP contribution is 2.27. The molecule has 0 fully saturated rings. The number of hydrogen-bond donors (Lipinski definition) is 1. The van der Waals surface area contributed by atoms with Gasteiger partial charge >= 0.3 is 11.9 Å². The smallest absolute Gasteiger partial charge is 0.339 e. The van der Waals surface area contributed by atoms with E-state index in [2.05, 4.69) is 15.2 Å². The lowest BCUT2D eigenvalue weighted by Gasteiger charge is -2.06. The normalized spacial score (nSPS) is 10.8. The fraction of sp³-hybridized carbons (Fsp3) is 0.350. The Kier molecular flexibility index (Phi) is 7.29. The molecule has 0 atom stereocenters. The van der Waals surface area contributed by atoms with Gasteiger partial charge < -0.3 is 19.0 Å². The van der Waals surface area contributed by atoms with Crippen molar-refractivity contribution >= 4 is 40.8 Å². The number of ether oxygens (including phenoxy) is 2. The predicted octanol–water partition coefficient (Wildman–Crippen LogP) is 3.28. The molecule has 0 aliphatic rings. The zero-order chi connectivity index (χ0) is 22.5. The molecule has 31 heavy (non-hydrogen) atoms. The van der Waals surface area contributed by atoms with Crippen molar-refractivity contribution in [2.24, 2.45) is 0 Å². The number of esters is 2. The first-order valence-electron chi connectivity index (χ1n) is 9.43. The zero-order valence-electron chi connectivity index (χ0n) is 17.6. The summed E-state index contributed by atoms with van der Waals surface area (Å²) >= 11 is 2.77. The van der Waals surface area contributed by atoms with Gasteiger partial charge in [-0.2, -0.15) is 0 Å². The van der Waals surface area contributed by atoms with Crippen LogP contribution in [0, 0.1) is 13.8 Å². The van der Waals surface area contributed by atoms with E-state index in [1.165, 1.54) is 18.9 Å². The van der Waals surface area contributed by atoms with Crippen LogP contribution in [0.1, 0.15) is 39.0 Å². The van der Waals surface area contributed by atoms with Crippen LogP contribution in [0.3, 0.4) is 0 Å². The number of nitrogens with one attached hydrogen (secondary N) is 1. The topological polar surface area (TPSA) is 116 Å². The molecule has 0 unspecified atom stereocenters. The second kappa shape index (κ2) is 9.92. The number of thiophene rings is 1. The summed E-state index contributed by atoms with van der Waals surface area (Å²) < 4.78 is 11.8. The lowest BCUT2D eigenvalue weighted by molar-refractivity contribution is -0.139. The molecule has 3 rings (SSSR count). The molecule has 1 N–H and O–H groups in total. The van der Waals surface area contributed by atoms with E-state index in [0.717, 1.165) is 10.7 Å². The number of hydrogen-bond acceptors (Lipinski definition) is 9. The summed E-state index contributed by atoms with van der Waals surface area (Å²) in [7, 11) is 1.28. The first-order chi connectivity index (χ1) is 14.9. The van der Waals surface area contributed by atoms with Gasteiger partial charge in [0, 0.05) is 12.2 Å². The number of nitrogens with zero attached hydrogens (tertiary/aromatic N) is 3. The molecule has 0 bridgehead atoms. The Labute approximate surface area is 187 Å². The van der Waals surface area contributed by atoms with Gasteiger partial charge in [0.1, 0.15) is 0 Å². The minimum absolute atomic E-state index is 0.00794. The van der Waals surface area contributed by atoms with Crippen LogP contribution < -0.4 is 0 Å². The van der Waals surface area contributed by atoms with Crippen molar-refractivity contribution in [3.63, 3.8) is 0 Å². The zero-order valence-corrected chi connectivity index (χ0v) is 19.2. The minimum Gasteiger partial charge on any atom is -0.465 e. The molecule has 3 aromatic rings. The number of thioether (sulfide) groups is 1. The molecule has 3 aromatic heterocycles. The van der Waals surface area contributed by atoms with Crippen LogP contribution in [0.2, 0.25) is 0 Å². The van der Waals surface area contributed by atoms with Gasteiger partial charge in [0.05, 0.1) is 29.0 Å². The number of aromatic nitrogens is 4. The Morgan fingerprint density at radius 3 is 2.68 bits per heavy atom. The molecule has 0 saturated carbocycles. The van der Waals surface area contributed by atoms with E-state index < -0.39 is 24.3 Å². The second-order valence-electron chi connectivity index (χ2n) is 6.52. The van der Waals surface area contributed by atoms with Gasteiger partial charge in [0.15, 0.2) is 17.6 Å². The Hall–Kier alpha value is -2.92. The average molecular weight is 463 g/mol. The van der Waals surface area contributed by atoms with Crippen LogP contribution in [0.15, 0.2) is 22.7 Å². The van der Waals surface area contributed by atoms with Crippen LogP contribution in [-0.2, 0) is 20.8 Å². The number of methoxy groups -OCH3 is 1. The van der Waals surface area contributed by atoms with Crippen molar-refractivity contribution in [3.05, 3.63) is 40.0 Å². The Balaban J connectivity index is 1.58. The van der Waals surface area contributed by atoms with Gasteiger partial charge in [-0.1, -0.05) is 17.8 Å². The maximum Gasteiger partial charge on any atom is 0.339 e. The monoisotopic (exact) mass is 462 g/mol. The van der Waals surface area contributed by atoms with E-state index in [1.807, 2.05) is 29.0 Å². The van der Waals surface area contributed by atoms with Crippen LogP contribution in [-0.4, -0.2) is 56.9 Å². The fourth-order valence-electron chi connectivity index (χ4n) is 3.09. The maximum absolute atomic E-state index is 12.5. The average Bonchev–Trinajstić information content (AvgIpc) is 3.48. The van der Waals surface area contributed by atoms with Gasteiger partial charge in [-0.3, -0.25) is 9.59 Å². The van der Waals surface area contributed by atoms with Crippen molar-refractivity contribution in [1.82, 2.24) is 19.7 Å². The Bertz CT molecular complexity index is 1100. The molecule has 164 valence electrons. The van der Waals surface area contributed by atoms with E-state index in [0.29, 0.717) is 28.5 Å². The summed E-state index contributed by atoms with van der Waals surface area (Å²) in [5, 5.41) is 11.0. The van der Waals surface area contributed by atoms with Crippen molar-refractivity contribution in [2.45, 2.75) is 32.5 Å². The van der Waals surface area contributed by atoms with Crippen LogP contribution in [0.4, 0.5) is 0 Å². The Morgan fingerprint density at radius 1 is 1.26 bits per heavy atom. The molecule has 0 spiro atoms. The van der Waals surface area contributed by atoms with Crippen LogP contribution >= 0.6 is 23.1 Å². The van der Waals surface area contributed by atoms with Crippen LogP contribution in [0.25, 0.3) is 10.7 Å². The van der Waals surface area contributed by atoms with Crippen LogP contribution in [0.5, 0.6) is 0 Å². The van der Waals surface area contributed by atoms with Gasteiger partial charge in [-0.15, -0.1) is 21.5 Å². The summed E-state index contributed by atoms with van der Waals surface area (Å²) in [6.45, 7) is 5.52. The number of H-pyrrole nitrogens is 1. The third kappa shape index (κ3) is 4.88. The maximum atomic E-state index is 12.5. The minimum atomic E-state index is -0.546. The molecule has 9 nitrogen and oxygen atoms in total. The largest absolute Gasteiger partial charge is 0.465 e. The third-order valence-corrected chi connectivity index (χ3v) is 6.37. The molecule has 0 aromatic carbocycles. The van der Waals surface area contributed by atoms with Gasteiger partial charge in [-0.25, -0.2) is 4.79 Å². The van der Waals surface area contributed by atoms with Crippen molar-refractivity contribution in [3.8, 4) is 10.7 Å². The van der Waals surface area contributed by atoms with Crippen molar-refractivity contribution < 1.29 is 23.9 Å². The number of ketones is 1. The van der Waals surface area contributed by atoms with E-state index in [-0.39, 0.29) is 11.4 Å². The number of aromatic amines is 1. The third-order valence-electron chi connectivity index (χ3n) is 4.56. The second-order valence-corrected chi connectivity index (χ2v) is 8.41. The molecule has 0 amide bonds. The molecule has 3 heterocycles. The Morgan fingerprint density at radius 2 is 2.03 bits per heavy atom. The first kappa shape index (κ1) is 22.8. The van der Waals surface area contributed by atoms with Crippen molar-refractivity contribution in [2.75, 3.05) is 19.5 Å². The highest BCUT2D eigenvalue weighted by molar-refractivity contribution is 7.99. The lowest BCUT2D eigenvalue weighted by atomic mass is 10.1. The van der Waals surface area contributed by atoms with E-state index in [1.54, 1.807) is 25.2 Å². The quantitative estimate of drug-likeness (QED) is 0.293. The highest BCUT2D eigenvalue weighted by atomic mass is 32.2. The number of Topliss-reactive ketones (excluding diaryl/α,β-unsaturated/α-hetero) is 1. The van der Waals surface area contributed by atoms with Gasteiger partial charge in [0.25, 0.3) is 0 Å². The number of carbonyl (C=O) groups excluding carboxylic acids is 3. The molecule has 0 radical (unpaired) electrons. The molecular formula is C20H22N4O5S2. The number of carbonyl (C=O) groups is 3. The van der Waals surface area contributed by atoms with E-state index in [4.69, 9.17) is 9.47 Å². The molecule has 0 saturated heterocycles. The number of rotatable bonds is 9. The number of aryl methyl sites for hydroxylation is 1. The summed E-state index contributed by atoms with van der Waals surface area (Å²) in [4.78, 5) is 40.3. The predicted molar refractivity (Wildman–Crippen MR) is 117 cm³/mol. The summed E-state index contributed by atoms with van der Waals surface area (Å²) in [6, 6.07) is 3.91. The van der Waals surface area contributed by atoms with E-state index >= 15 is 0 Å². The van der Waals surface area contributed by atoms with Crippen molar-refractivity contribution in [1.29, 1.82) is 0 Å². The highest BCUT2D eigenvalue weighted by Gasteiger charge is 2.23. The molecular weight excluding hydrogens is 440 g/mol. The molecule has 0 aliphatic heterocycles. The fourth-order valence-corrected chi connectivity index (χ4v) is 4.61. The molecule has 0 aliphatic carbocycles. The standard InChI is InChI=1S/C20H22N4O5S2/c1-5-24-18(14-7-6-8-30-14)22-23-20(24)31-10-15(26)29-9-13(25)17-11(2)16(12(3)21-17)19(27)28-4/h6-8,21H,5,9-10H2,1-4H3. The SMILES string of the molecule is CCn1c(SCC(=O)OCC(=O)c2[nH]c(C)c(C(=O)OC)c2C)nnc1-c1cccs1. The molecule has 11 heteroatoms. The van der Waals surface area contributed by atoms with Gasteiger partial charge in [0.2, 0.25) is 5.78 Å². The summed E-state index contributed by atoms with van der Waals surface area (Å²) in [5.74, 6) is -0.753. The lowest BCUT2D eigenvalue weighted by Crippen LogP contribution is -2.17.